The Bertz CT molecular complexity index is 1120. The Morgan fingerprint density at radius 3 is 2.56 bits per heavy atom. The molecule has 0 atom stereocenters. The van der Waals surface area contributed by atoms with E-state index in [-0.39, 0.29) is 5.91 Å². The van der Waals surface area contributed by atoms with Gasteiger partial charge >= 0.3 is 0 Å². The van der Waals surface area contributed by atoms with Gasteiger partial charge in [0.25, 0.3) is 5.91 Å². The summed E-state index contributed by atoms with van der Waals surface area (Å²) in [5.41, 5.74) is 4.45. The van der Waals surface area contributed by atoms with Crippen molar-refractivity contribution in [2.24, 2.45) is 0 Å². The fraction of sp³-hybridized carbons (Fsp3) is 0.0952. The number of carbonyl (C=O) groups is 1. The van der Waals surface area contributed by atoms with Crippen LogP contribution >= 0.6 is 0 Å². The minimum Gasteiger partial charge on any atom is -0.495 e. The predicted molar refractivity (Wildman–Crippen MR) is 104 cm³/mol. The van der Waals surface area contributed by atoms with E-state index in [0.717, 1.165) is 16.8 Å². The number of nitrogens with zero attached hydrogens (tertiary/aromatic N) is 3. The van der Waals surface area contributed by atoms with Crippen molar-refractivity contribution in [3.8, 4) is 16.9 Å². The predicted octanol–water partition coefficient (Wildman–Crippen LogP) is 3.97. The molecule has 2 heterocycles. The molecular formula is C21H18N4O2. The molecule has 0 saturated carbocycles. The summed E-state index contributed by atoms with van der Waals surface area (Å²) in [6, 6.07) is 17.2. The minimum atomic E-state index is -0.261. The van der Waals surface area contributed by atoms with E-state index in [0.29, 0.717) is 22.6 Å². The van der Waals surface area contributed by atoms with Gasteiger partial charge in [-0.15, -0.1) is 0 Å². The fourth-order valence-corrected chi connectivity index (χ4v) is 3.03. The lowest BCUT2D eigenvalue weighted by Crippen LogP contribution is -2.16. The number of methoxy groups -OCH3 is 1. The summed E-state index contributed by atoms with van der Waals surface area (Å²) in [7, 11) is 1.57. The van der Waals surface area contributed by atoms with Crippen LogP contribution in [0.25, 0.3) is 16.8 Å². The first-order chi connectivity index (χ1) is 13.2. The number of aromatic nitrogens is 3. The van der Waals surface area contributed by atoms with Crippen LogP contribution in [0.2, 0.25) is 0 Å². The molecule has 27 heavy (non-hydrogen) atoms. The van der Waals surface area contributed by atoms with Gasteiger partial charge in [-0.3, -0.25) is 4.79 Å². The zero-order valence-electron chi connectivity index (χ0n) is 15.0. The number of anilines is 1. The molecule has 0 unspecified atom stereocenters. The zero-order valence-corrected chi connectivity index (χ0v) is 15.0. The lowest BCUT2D eigenvalue weighted by molar-refractivity contribution is 0.102. The van der Waals surface area contributed by atoms with Gasteiger partial charge in [-0.25, -0.2) is 9.50 Å². The fourth-order valence-electron chi connectivity index (χ4n) is 3.03. The Morgan fingerprint density at radius 1 is 1.04 bits per heavy atom. The highest BCUT2D eigenvalue weighted by Gasteiger charge is 2.17. The topological polar surface area (TPSA) is 68.5 Å². The number of benzene rings is 2. The molecule has 0 aliphatic rings. The van der Waals surface area contributed by atoms with Crippen molar-refractivity contribution in [3.05, 3.63) is 78.2 Å². The zero-order chi connectivity index (χ0) is 18.8. The molecule has 0 fully saturated rings. The molecule has 2 aromatic heterocycles. The number of rotatable bonds is 4. The standard InChI is InChI=1S/C21H18N4O2/c1-14-16(21(26)24-18-10-6-7-11-19(18)27-2)12-22-20-17(13-23-25(14)20)15-8-4-3-5-9-15/h3-13H,1-2H3,(H,24,26). The van der Waals surface area contributed by atoms with Gasteiger partial charge in [-0.2, -0.15) is 5.10 Å². The number of nitrogens with one attached hydrogen (secondary N) is 1. The summed E-state index contributed by atoms with van der Waals surface area (Å²) in [5, 5.41) is 7.30. The molecule has 6 nitrogen and oxygen atoms in total. The molecule has 6 heteroatoms. The molecule has 0 radical (unpaired) electrons. The first-order valence-electron chi connectivity index (χ1n) is 8.52. The Hall–Kier alpha value is -3.67. The second kappa shape index (κ2) is 6.92. The summed E-state index contributed by atoms with van der Waals surface area (Å²) in [6.07, 6.45) is 3.36. The van der Waals surface area contributed by atoms with Crippen LogP contribution < -0.4 is 10.1 Å². The highest BCUT2D eigenvalue weighted by Crippen LogP contribution is 2.26. The molecular weight excluding hydrogens is 340 g/mol. The Labute approximate surface area is 156 Å². The second-order valence-corrected chi connectivity index (χ2v) is 6.07. The Morgan fingerprint density at radius 2 is 1.78 bits per heavy atom. The van der Waals surface area contributed by atoms with Gasteiger partial charge in [0.15, 0.2) is 5.65 Å². The molecule has 0 saturated heterocycles. The number of para-hydroxylation sites is 2. The van der Waals surface area contributed by atoms with Crippen molar-refractivity contribution in [2.45, 2.75) is 6.92 Å². The van der Waals surface area contributed by atoms with E-state index in [1.807, 2.05) is 49.4 Å². The van der Waals surface area contributed by atoms with Gasteiger partial charge in [-0.05, 0) is 24.6 Å². The quantitative estimate of drug-likeness (QED) is 0.599. The highest BCUT2D eigenvalue weighted by molar-refractivity contribution is 6.05. The van der Waals surface area contributed by atoms with Gasteiger partial charge < -0.3 is 10.1 Å². The maximum atomic E-state index is 12.8. The van der Waals surface area contributed by atoms with Crippen LogP contribution in [0, 0.1) is 6.92 Å². The lowest BCUT2D eigenvalue weighted by Gasteiger charge is -2.11. The van der Waals surface area contributed by atoms with Crippen LogP contribution in [0.3, 0.4) is 0 Å². The van der Waals surface area contributed by atoms with Crippen molar-refractivity contribution in [1.82, 2.24) is 14.6 Å². The van der Waals surface area contributed by atoms with Crippen LogP contribution in [0.5, 0.6) is 5.75 Å². The van der Waals surface area contributed by atoms with E-state index in [4.69, 9.17) is 4.74 Å². The number of aryl methyl sites for hydroxylation is 1. The number of carbonyl (C=O) groups excluding carboxylic acids is 1. The minimum absolute atomic E-state index is 0.261. The van der Waals surface area contributed by atoms with Crippen molar-refractivity contribution < 1.29 is 9.53 Å². The summed E-state index contributed by atoms with van der Waals surface area (Å²) in [6.45, 7) is 1.85. The molecule has 1 N–H and O–H groups in total. The maximum Gasteiger partial charge on any atom is 0.259 e. The summed E-state index contributed by atoms with van der Waals surface area (Å²) >= 11 is 0. The van der Waals surface area contributed by atoms with E-state index in [9.17, 15) is 4.79 Å². The molecule has 0 spiro atoms. The third-order valence-corrected chi connectivity index (χ3v) is 4.45. The van der Waals surface area contributed by atoms with Crippen molar-refractivity contribution in [2.75, 3.05) is 12.4 Å². The van der Waals surface area contributed by atoms with Gasteiger partial charge in [0.1, 0.15) is 5.75 Å². The van der Waals surface area contributed by atoms with Crippen molar-refractivity contribution in [1.29, 1.82) is 0 Å². The van der Waals surface area contributed by atoms with Gasteiger partial charge in [0.05, 0.1) is 30.3 Å². The number of ether oxygens (including phenoxy) is 1. The number of hydrogen-bond acceptors (Lipinski definition) is 4. The second-order valence-electron chi connectivity index (χ2n) is 6.07. The van der Waals surface area contributed by atoms with E-state index < -0.39 is 0 Å². The molecule has 2 aromatic carbocycles. The van der Waals surface area contributed by atoms with E-state index in [1.54, 1.807) is 36.2 Å². The van der Waals surface area contributed by atoms with Gasteiger partial charge in [0, 0.05) is 11.8 Å². The molecule has 134 valence electrons. The Kier molecular flexibility index (Phi) is 4.30. The van der Waals surface area contributed by atoms with Crippen LogP contribution in [-0.4, -0.2) is 27.6 Å². The highest BCUT2D eigenvalue weighted by atomic mass is 16.5. The largest absolute Gasteiger partial charge is 0.495 e. The van der Waals surface area contributed by atoms with Crippen LogP contribution in [-0.2, 0) is 0 Å². The van der Waals surface area contributed by atoms with Crippen LogP contribution in [0.4, 0.5) is 5.69 Å². The average Bonchev–Trinajstić information content (AvgIpc) is 3.14. The van der Waals surface area contributed by atoms with Gasteiger partial charge in [-0.1, -0.05) is 42.5 Å². The maximum absolute atomic E-state index is 12.8. The molecule has 0 bridgehead atoms. The van der Waals surface area contributed by atoms with Crippen LogP contribution in [0.1, 0.15) is 16.1 Å². The van der Waals surface area contributed by atoms with Crippen molar-refractivity contribution in [3.63, 3.8) is 0 Å². The van der Waals surface area contributed by atoms with E-state index >= 15 is 0 Å². The third-order valence-electron chi connectivity index (χ3n) is 4.45. The first-order valence-corrected chi connectivity index (χ1v) is 8.52. The van der Waals surface area contributed by atoms with E-state index in [1.165, 1.54) is 0 Å². The molecule has 1 amide bonds. The number of amides is 1. The number of fused-ring (bicyclic) bond motifs is 1. The normalized spacial score (nSPS) is 10.7. The Balaban J connectivity index is 1.71. The van der Waals surface area contributed by atoms with Gasteiger partial charge in [0.2, 0.25) is 0 Å². The van der Waals surface area contributed by atoms with Crippen molar-refractivity contribution >= 4 is 17.2 Å². The number of hydrogen-bond donors (Lipinski definition) is 1. The van der Waals surface area contributed by atoms with E-state index in [2.05, 4.69) is 15.4 Å². The SMILES string of the molecule is COc1ccccc1NC(=O)c1cnc2c(-c3ccccc3)cnn2c1C. The smallest absolute Gasteiger partial charge is 0.259 e. The first kappa shape index (κ1) is 16.8. The summed E-state index contributed by atoms with van der Waals surface area (Å²) in [5.74, 6) is 0.339. The third kappa shape index (κ3) is 3.01. The summed E-state index contributed by atoms with van der Waals surface area (Å²) in [4.78, 5) is 17.3. The monoisotopic (exact) mass is 358 g/mol. The van der Waals surface area contributed by atoms with Crippen LogP contribution in [0.15, 0.2) is 67.0 Å². The molecule has 4 rings (SSSR count). The molecule has 0 aliphatic carbocycles. The summed E-state index contributed by atoms with van der Waals surface area (Å²) < 4.78 is 6.98. The molecule has 4 aromatic rings. The lowest BCUT2D eigenvalue weighted by atomic mass is 10.1. The molecule has 0 aliphatic heterocycles. The average molecular weight is 358 g/mol.